The molecule has 0 unspecified atom stereocenters. The number of amides is 2. The van der Waals surface area contributed by atoms with Crippen LogP contribution in [-0.2, 0) is 9.59 Å². The highest BCUT2D eigenvalue weighted by molar-refractivity contribution is 9.10. The van der Waals surface area contributed by atoms with Gasteiger partial charge in [0.05, 0.1) is 0 Å². The van der Waals surface area contributed by atoms with Gasteiger partial charge in [-0.05, 0) is 48.2 Å². The van der Waals surface area contributed by atoms with Crippen molar-refractivity contribution in [1.29, 1.82) is 0 Å². The third-order valence-corrected chi connectivity index (χ3v) is 4.49. The Labute approximate surface area is 150 Å². The largest absolute Gasteiger partial charge is 0.326 e. The van der Waals surface area contributed by atoms with Gasteiger partial charge in [0.25, 0.3) is 0 Å². The van der Waals surface area contributed by atoms with Gasteiger partial charge in [-0.1, -0.05) is 48.0 Å². The molecule has 2 rings (SSSR count). The maximum atomic E-state index is 12.0. The lowest BCUT2D eigenvalue weighted by molar-refractivity contribution is -0.123. The smallest absolute Gasteiger partial charge is 0.233 e. The first kappa shape index (κ1) is 18.2. The fourth-order valence-electron chi connectivity index (χ4n) is 2.18. The van der Waals surface area contributed by atoms with Crippen LogP contribution < -0.4 is 10.6 Å². The molecule has 5 heteroatoms. The molecule has 24 heavy (non-hydrogen) atoms. The molecule has 2 amide bonds. The zero-order valence-corrected chi connectivity index (χ0v) is 15.6. The molecular weight excluding hydrogens is 368 g/mol. The van der Waals surface area contributed by atoms with Crippen molar-refractivity contribution in [3.05, 3.63) is 58.1 Å². The van der Waals surface area contributed by atoms with Gasteiger partial charge in [0, 0.05) is 15.8 Å². The predicted octanol–water partition coefficient (Wildman–Crippen LogP) is 4.85. The SMILES string of the molecule is Cc1ccc(NC(=O)CC(=O)Nc2ccc(C(C)C)cc2)cc1Br. The van der Waals surface area contributed by atoms with Crippen molar-refractivity contribution in [2.24, 2.45) is 0 Å². The van der Waals surface area contributed by atoms with E-state index >= 15 is 0 Å². The van der Waals surface area contributed by atoms with Crippen LogP contribution in [0.1, 0.15) is 37.3 Å². The second-order valence-electron chi connectivity index (χ2n) is 6.01. The van der Waals surface area contributed by atoms with Crippen molar-refractivity contribution < 1.29 is 9.59 Å². The van der Waals surface area contributed by atoms with Gasteiger partial charge in [0.15, 0.2) is 0 Å². The molecule has 0 aliphatic rings. The second-order valence-corrected chi connectivity index (χ2v) is 6.87. The molecule has 0 fully saturated rings. The summed E-state index contributed by atoms with van der Waals surface area (Å²) in [5.41, 5.74) is 3.63. The van der Waals surface area contributed by atoms with Crippen LogP contribution in [-0.4, -0.2) is 11.8 Å². The van der Waals surface area contributed by atoms with Gasteiger partial charge in [-0.3, -0.25) is 9.59 Å². The van der Waals surface area contributed by atoms with Gasteiger partial charge in [-0.15, -0.1) is 0 Å². The lowest BCUT2D eigenvalue weighted by atomic mass is 10.0. The van der Waals surface area contributed by atoms with Gasteiger partial charge in [-0.2, -0.15) is 0 Å². The summed E-state index contributed by atoms with van der Waals surface area (Å²) in [4.78, 5) is 23.9. The number of carbonyl (C=O) groups excluding carboxylic acids is 2. The number of rotatable bonds is 5. The van der Waals surface area contributed by atoms with Crippen LogP contribution in [0, 0.1) is 6.92 Å². The summed E-state index contributed by atoms with van der Waals surface area (Å²) in [6, 6.07) is 13.2. The average Bonchev–Trinajstić information content (AvgIpc) is 2.51. The summed E-state index contributed by atoms with van der Waals surface area (Å²) in [5.74, 6) is -0.243. The molecule has 0 aromatic heterocycles. The number of nitrogens with one attached hydrogen (secondary N) is 2. The maximum Gasteiger partial charge on any atom is 0.233 e. The molecule has 0 bridgehead atoms. The molecule has 0 atom stereocenters. The Bertz CT molecular complexity index is 740. The molecule has 2 aromatic carbocycles. The van der Waals surface area contributed by atoms with E-state index in [1.165, 1.54) is 5.56 Å². The Morgan fingerprint density at radius 2 is 1.50 bits per heavy atom. The van der Waals surface area contributed by atoms with Gasteiger partial charge >= 0.3 is 0 Å². The number of carbonyl (C=O) groups is 2. The van der Waals surface area contributed by atoms with Crippen LogP contribution >= 0.6 is 15.9 Å². The summed E-state index contributed by atoms with van der Waals surface area (Å²) >= 11 is 3.42. The molecular formula is C19H21BrN2O2. The quantitative estimate of drug-likeness (QED) is 0.719. The Morgan fingerprint density at radius 1 is 0.958 bits per heavy atom. The number of anilines is 2. The number of aryl methyl sites for hydroxylation is 1. The van der Waals surface area contributed by atoms with E-state index < -0.39 is 0 Å². The van der Waals surface area contributed by atoms with Crippen molar-refractivity contribution in [3.8, 4) is 0 Å². The molecule has 0 aliphatic carbocycles. The molecule has 2 N–H and O–H groups in total. The third-order valence-electron chi connectivity index (χ3n) is 3.64. The molecule has 0 aliphatic heterocycles. The lowest BCUT2D eigenvalue weighted by Crippen LogP contribution is -2.21. The van der Waals surface area contributed by atoms with Crippen LogP contribution in [0.3, 0.4) is 0 Å². The van der Waals surface area contributed by atoms with E-state index in [9.17, 15) is 9.59 Å². The topological polar surface area (TPSA) is 58.2 Å². The van der Waals surface area contributed by atoms with Crippen LogP contribution in [0.25, 0.3) is 0 Å². The van der Waals surface area contributed by atoms with Crippen molar-refractivity contribution in [2.45, 2.75) is 33.1 Å². The highest BCUT2D eigenvalue weighted by atomic mass is 79.9. The molecule has 0 heterocycles. The molecule has 4 nitrogen and oxygen atoms in total. The van der Waals surface area contributed by atoms with Crippen LogP contribution in [0.4, 0.5) is 11.4 Å². The monoisotopic (exact) mass is 388 g/mol. The first-order chi connectivity index (χ1) is 11.3. The van der Waals surface area contributed by atoms with Gasteiger partial charge in [0.2, 0.25) is 11.8 Å². The van der Waals surface area contributed by atoms with Gasteiger partial charge in [-0.25, -0.2) is 0 Å². The van der Waals surface area contributed by atoms with E-state index in [0.29, 0.717) is 17.3 Å². The Balaban J connectivity index is 1.89. The molecule has 0 saturated heterocycles. The van der Waals surface area contributed by atoms with Gasteiger partial charge in [0.1, 0.15) is 6.42 Å². The molecule has 126 valence electrons. The third kappa shape index (κ3) is 5.20. The molecule has 0 radical (unpaired) electrons. The summed E-state index contributed by atoms with van der Waals surface area (Å²) in [6.07, 6.45) is -0.225. The van der Waals surface area contributed by atoms with Crippen molar-refractivity contribution in [2.75, 3.05) is 10.6 Å². The standard InChI is InChI=1S/C19H21BrN2O2/c1-12(2)14-5-8-15(9-6-14)21-18(23)11-19(24)22-16-7-4-13(3)17(20)10-16/h4-10,12H,11H2,1-3H3,(H,21,23)(H,22,24). The molecule has 0 spiro atoms. The summed E-state index contributed by atoms with van der Waals surface area (Å²) in [6.45, 7) is 6.19. The van der Waals surface area contributed by atoms with E-state index in [2.05, 4.69) is 40.4 Å². The number of halogens is 1. The Morgan fingerprint density at radius 3 is 2.04 bits per heavy atom. The predicted molar refractivity (Wildman–Crippen MR) is 101 cm³/mol. The zero-order valence-electron chi connectivity index (χ0n) is 14.0. The van der Waals surface area contributed by atoms with E-state index in [4.69, 9.17) is 0 Å². The lowest BCUT2D eigenvalue weighted by Gasteiger charge is -2.09. The minimum absolute atomic E-state index is 0.225. The highest BCUT2D eigenvalue weighted by Crippen LogP contribution is 2.21. The van der Waals surface area contributed by atoms with E-state index in [0.717, 1.165) is 10.0 Å². The number of hydrogen-bond donors (Lipinski definition) is 2. The average molecular weight is 389 g/mol. The Kier molecular flexibility index (Phi) is 6.15. The number of hydrogen-bond acceptors (Lipinski definition) is 2. The first-order valence-corrected chi connectivity index (χ1v) is 8.60. The summed E-state index contributed by atoms with van der Waals surface area (Å²) in [7, 11) is 0. The minimum atomic E-state index is -0.345. The molecule has 2 aromatic rings. The van der Waals surface area contributed by atoms with Crippen molar-refractivity contribution in [1.82, 2.24) is 0 Å². The normalized spacial score (nSPS) is 10.5. The van der Waals surface area contributed by atoms with Crippen LogP contribution in [0.15, 0.2) is 46.9 Å². The van der Waals surface area contributed by atoms with Crippen molar-refractivity contribution >= 4 is 39.1 Å². The maximum absolute atomic E-state index is 12.0. The van der Waals surface area contributed by atoms with E-state index in [1.807, 2.05) is 43.3 Å². The minimum Gasteiger partial charge on any atom is -0.326 e. The fraction of sp³-hybridized carbons (Fsp3) is 0.263. The Hall–Kier alpha value is -2.14. The summed E-state index contributed by atoms with van der Waals surface area (Å²) in [5, 5.41) is 5.46. The zero-order chi connectivity index (χ0) is 17.7. The first-order valence-electron chi connectivity index (χ1n) is 7.81. The van der Waals surface area contributed by atoms with Crippen LogP contribution in [0.5, 0.6) is 0 Å². The van der Waals surface area contributed by atoms with Crippen LogP contribution in [0.2, 0.25) is 0 Å². The second kappa shape index (κ2) is 8.11. The van der Waals surface area contributed by atoms with E-state index in [-0.39, 0.29) is 18.2 Å². The van der Waals surface area contributed by atoms with Crippen molar-refractivity contribution in [3.63, 3.8) is 0 Å². The molecule has 0 saturated carbocycles. The van der Waals surface area contributed by atoms with E-state index in [1.54, 1.807) is 6.07 Å². The highest BCUT2D eigenvalue weighted by Gasteiger charge is 2.11. The summed E-state index contributed by atoms with van der Waals surface area (Å²) < 4.78 is 0.912. The number of benzene rings is 2. The fourth-order valence-corrected chi connectivity index (χ4v) is 2.56. The van der Waals surface area contributed by atoms with Gasteiger partial charge < -0.3 is 10.6 Å².